The van der Waals surface area contributed by atoms with Crippen LogP contribution in [-0.2, 0) is 4.79 Å². The average Bonchev–Trinajstić information content (AvgIpc) is 2.94. The maximum Gasteiger partial charge on any atom is 0.334 e. The van der Waals surface area contributed by atoms with Crippen LogP contribution in [0.3, 0.4) is 0 Å². The van der Waals surface area contributed by atoms with E-state index in [0.29, 0.717) is 33.7 Å². The number of nitriles is 1. The number of aliphatic carboxylic acids is 1. The molecule has 2 N–H and O–H groups in total. The SMILES string of the molecule is CC1=C(C#N)C(c2cccc3c2-c2ccccc2C3=O)C(C(=O)O)=C(C)N1. The molecule has 0 saturated heterocycles. The van der Waals surface area contributed by atoms with Crippen LogP contribution in [0.1, 0.15) is 41.3 Å². The second-order valence-corrected chi connectivity index (χ2v) is 6.70. The van der Waals surface area contributed by atoms with Crippen molar-refractivity contribution in [1.82, 2.24) is 5.32 Å². The Balaban J connectivity index is 2.06. The number of allylic oxidation sites excluding steroid dienone is 3. The number of nitrogens with zero attached hydrogens (tertiary/aromatic N) is 1. The van der Waals surface area contributed by atoms with Gasteiger partial charge in [-0.3, -0.25) is 4.79 Å². The number of benzene rings is 2. The molecule has 4 rings (SSSR count). The molecule has 0 fully saturated rings. The van der Waals surface area contributed by atoms with Crippen LogP contribution in [0, 0.1) is 11.3 Å². The Kier molecular flexibility index (Phi) is 3.71. The van der Waals surface area contributed by atoms with Crippen molar-refractivity contribution in [3.8, 4) is 17.2 Å². The van der Waals surface area contributed by atoms with E-state index in [1.54, 1.807) is 32.0 Å². The first-order valence-electron chi connectivity index (χ1n) is 8.54. The molecule has 0 spiro atoms. The van der Waals surface area contributed by atoms with E-state index in [4.69, 9.17) is 0 Å². The van der Waals surface area contributed by atoms with Gasteiger partial charge in [-0.05, 0) is 30.5 Å². The highest BCUT2D eigenvalue weighted by atomic mass is 16.4. The van der Waals surface area contributed by atoms with Crippen LogP contribution in [0.2, 0.25) is 0 Å². The van der Waals surface area contributed by atoms with Gasteiger partial charge in [0.1, 0.15) is 0 Å². The summed E-state index contributed by atoms with van der Waals surface area (Å²) < 4.78 is 0. The Morgan fingerprint density at radius 1 is 1.04 bits per heavy atom. The third-order valence-electron chi connectivity index (χ3n) is 5.20. The zero-order chi connectivity index (χ0) is 19.3. The predicted molar refractivity (Wildman–Crippen MR) is 99.8 cm³/mol. The average molecular weight is 356 g/mol. The fourth-order valence-electron chi connectivity index (χ4n) is 4.08. The largest absolute Gasteiger partial charge is 0.478 e. The Hall–Kier alpha value is -3.65. The van der Waals surface area contributed by atoms with Gasteiger partial charge >= 0.3 is 5.97 Å². The van der Waals surface area contributed by atoms with Crippen LogP contribution in [-0.4, -0.2) is 16.9 Å². The van der Waals surface area contributed by atoms with E-state index < -0.39 is 11.9 Å². The first kappa shape index (κ1) is 16.8. The Labute approximate surface area is 156 Å². The summed E-state index contributed by atoms with van der Waals surface area (Å²) >= 11 is 0. The first-order chi connectivity index (χ1) is 13.0. The minimum Gasteiger partial charge on any atom is -0.478 e. The minimum atomic E-state index is -1.08. The van der Waals surface area contributed by atoms with Crippen molar-refractivity contribution in [1.29, 1.82) is 5.26 Å². The van der Waals surface area contributed by atoms with E-state index in [9.17, 15) is 20.0 Å². The number of carboxylic acids is 1. The molecule has 1 atom stereocenters. The molecule has 2 aliphatic rings. The summed E-state index contributed by atoms with van der Waals surface area (Å²) in [6.07, 6.45) is 0. The highest BCUT2D eigenvalue weighted by molar-refractivity contribution is 6.22. The molecular weight excluding hydrogens is 340 g/mol. The van der Waals surface area contributed by atoms with E-state index in [1.165, 1.54) is 0 Å². The molecule has 5 heteroatoms. The zero-order valence-electron chi connectivity index (χ0n) is 14.8. The molecule has 2 aromatic carbocycles. The summed E-state index contributed by atoms with van der Waals surface area (Å²) in [5.74, 6) is -1.89. The molecule has 2 aromatic rings. The van der Waals surface area contributed by atoms with E-state index >= 15 is 0 Å². The minimum absolute atomic E-state index is 0.0758. The van der Waals surface area contributed by atoms with Crippen molar-refractivity contribution in [2.75, 3.05) is 0 Å². The highest BCUT2D eigenvalue weighted by Gasteiger charge is 2.38. The van der Waals surface area contributed by atoms with Gasteiger partial charge in [0.15, 0.2) is 5.78 Å². The second kappa shape index (κ2) is 5.96. The van der Waals surface area contributed by atoms with Crippen LogP contribution in [0.5, 0.6) is 0 Å². The molecule has 1 heterocycles. The normalized spacial score (nSPS) is 18.0. The number of carbonyl (C=O) groups excluding carboxylic acids is 1. The van der Waals surface area contributed by atoms with Gasteiger partial charge in [0, 0.05) is 22.5 Å². The molecule has 27 heavy (non-hydrogen) atoms. The number of fused-ring (bicyclic) bond motifs is 3. The van der Waals surface area contributed by atoms with Gasteiger partial charge in [0.2, 0.25) is 0 Å². The van der Waals surface area contributed by atoms with Crippen molar-refractivity contribution in [3.63, 3.8) is 0 Å². The predicted octanol–water partition coefficient (Wildman–Crippen LogP) is 3.74. The van der Waals surface area contributed by atoms with Crippen molar-refractivity contribution in [3.05, 3.63) is 81.7 Å². The zero-order valence-corrected chi connectivity index (χ0v) is 14.8. The number of nitrogens with one attached hydrogen (secondary N) is 1. The van der Waals surface area contributed by atoms with Crippen LogP contribution < -0.4 is 5.32 Å². The molecule has 0 radical (unpaired) electrons. The van der Waals surface area contributed by atoms with Crippen molar-refractivity contribution in [2.45, 2.75) is 19.8 Å². The quantitative estimate of drug-likeness (QED) is 0.730. The van der Waals surface area contributed by atoms with Crippen LogP contribution >= 0.6 is 0 Å². The molecule has 0 aromatic heterocycles. The Bertz CT molecular complexity index is 1130. The maximum atomic E-state index is 12.8. The van der Waals surface area contributed by atoms with Crippen LogP contribution in [0.15, 0.2) is 65.0 Å². The number of hydrogen-bond acceptors (Lipinski definition) is 4. The van der Waals surface area contributed by atoms with Crippen LogP contribution in [0.25, 0.3) is 11.1 Å². The number of carbonyl (C=O) groups is 2. The molecule has 0 saturated carbocycles. The van der Waals surface area contributed by atoms with E-state index in [0.717, 1.165) is 11.1 Å². The number of rotatable bonds is 2. The van der Waals surface area contributed by atoms with Crippen LogP contribution in [0.4, 0.5) is 0 Å². The molecule has 0 amide bonds. The topological polar surface area (TPSA) is 90.2 Å². The van der Waals surface area contributed by atoms with Gasteiger partial charge in [-0.2, -0.15) is 5.26 Å². The molecule has 0 bridgehead atoms. The summed E-state index contributed by atoms with van der Waals surface area (Å²) in [7, 11) is 0. The lowest BCUT2D eigenvalue weighted by Crippen LogP contribution is -2.28. The van der Waals surface area contributed by atoms with E-state index in [-0.39, 0.29) is 11.4 Å². The van der Waals surface area contributed by atoms with Gasteiger partial charge in [-0.25, -0.2) is 4.79 Å². The van der Waals surface area contributed by atoms with Crippen molar-refractivity contribution < 1.29 is 14.7 Å². The number of hydrogen-bond donors (Lipinski definition) is 2. The molecular formula is C22H16N2O3. The standard InChI is InChI=1S/C22H16N2O3/c1-11-17(10-23)20(18(22(26)27)12(2)24-11)15-8-5-9-16-19(15)13-6-3-4-7-14(13)21(16)25/h3-9,20,24H,1-2H3,(H,26,27). The first-order valence-corrected chi connectivity index (χ1v) is 8.54. The second-order valence-electron chi connectivity index (χ2n) is 6.70. The van der Waals surface area contributed by atoms with E-state index in [1.807, 2.05) is 24.3 Å². The number of carboxylic acid groups (broad SMARTS) is 1. The lowest BCUT2D eigenvalue weighted by molar-refractivity contribution is -0.133. The Morgan fingerprint density at radius 3 is 2.37 bits per heavy atom. The third-order valence-corrected chi connectivity index (χ3v) is 5.20. The number of ketones is 1. The van der Waals surface area contributed by atoms with Crippen molar-refractivity contribution >= 4 is 11.8 Å². The summed E-state index contributed by atoms with van der Waals surface area (Å²) in [6.45, 7) is 3.45. The molecule has 132 valence electrons. The lowest BCUT2D eigenvalue weighted by atomic mass is 9.78. The number of dihydropyridines is 1. The lowest BCUT2D eigenvalue weighted by Gasteiger charge is -2.28. The van der Waals surface area contributed by atoms with Gasteiger partial charge in [-0.1, -0.05) is 42.5 Å². The molecule has 1 unspecified atom stereocenters. The highest BCUT2D eigenvalue weighted by Crippen LogP contribution is 2.46. The maximum absolute atomic E-state index is 12.8. The van der Waals surface area contributed by atoms with Gasteiger partial charge < -0.3 is 10.4 Å². The summed E-state index contributed by atoms with van der Waals surface area (Å²) in [6, 6.07) is 14.8. The van der Waals surface area contributed by atoms with Gasteiger partial charge in [-0.15, -0.1) is 0 Å². The third kappa shape index (κ3) is 2.31. The summed E-state index contributed by atoms with van der Waals surface area (Å²) in [5.41, 5.74) is 4.92. The van der Waals surface area contributed by atoms with Gasteiger partial charge in [0.05, 0.1) is 23.1 Å². The monoisotopic (exact) mass is 356 g/mol. The molecule has 5 nitrogen and oxygen atoms in total. The smallest absolute Gasteiger partial charge is 0.334 e. The molecule has 1 aliphatic carbocycles. The van der Waals surface area contributed by atoms with E-state index in [2.05, 4.69) is 11.4 Å². The van der Waals surface area contributed by atoms with Crippen molar-refractivity contribution in [2.24, 2.45) is 0 Å². The summed E-state index contributed by atoms with van der Waals surface area (Å²) in [5, 5.41) is 22.6. The van der Waals surface area contributed by atoms with Gasteiger partial charge in [0.25, 0.3) is 0 Å². The fraction of sp³-hybridized carbons (Fsp3) is 0.136. The fourth-order valence-corrected chi connectivity index (χ4v) is 4.08. The summed E-state index contributed by atoms with van der Waals surface area (Å²) in [4.78, 5) is 24.8. The Morgan fingerprint density at radius 2 is 1.70 bits per heavy atom. The molecule has 1 aliphatic heterocycles.